The minimum atomic E-state index is -0.769. The summed E-state index contributed by atoms with van der Waals surface area (Å²) >= 11 is 0. The van der Waals surface area contributed by atoms with E-state index in [2.05, 4.69) is 10.6 Å². The number of carboxylic acid groups (broad SMARTS) is 1. The zero-order valence-corrected chi connectivity index (χ0v) is 8.21. The molecule has 0 aromatic rings. The summed E-state index contributed by atoms with van der Waals surface area (Å²) in [5.74, 6) is -0.769. The Kier molecular flexibility index (Phi) is 9.19. The van der Waals surface area contributed by atoms with Crippen molar-refractivity contribution in [3.05, 3.63) is 0 Å². The molecular weight excluding hydrogens is 203 g/mol. The maximum absolute atomic E-state index is 10.4. The van der Waals surface area contributed by atoms with Crippen LogP contribution in [-0.4, -0.2) is 36.8 Å². The lowest BCUT2D eigenvalue weighted by Gasteiger charge is -2.08. The molecule has 0 aliphatic carbocycles. The first kappa shape index (κ1) is 14.5. The van der Waals surface area contributed by atoms with Crippen LogP contribution in [0.1, 0.15) is 6.42 Å². The van der Waals surface area contributed by atoms with Crippen LogP contribution < -0.4 is 10.6 Å². The van der Waals surface area contributed by atoms with Gasteiger partial charge >= 0.3 is 5.97 Å². The lowest BCUT2D eigenvalue weighted by Crippen LogP contribution is -2.41. The molecular formula is C6H14Cl2N2O2. The summed E-state index contributed by atoms with van der Waals surface area (Å²) in [5.41, 5.74) is 0. The van der Waals surface area contributed by atoms with Crippen LogP contribution in [0.15, 0.2) is 0 Å². The number of rotatable bonds is 1. The molecule has 0 saturated carbocycles. The van der Waals surface area contributed by atoms with Gasteiger partial charge in [0.2, 0.25) is 0 Å². The molecule has 6 heteroatoms. The Hall–Kier alpha value is -0.0300. The van der Waals surface area contributed by atoms with Gasteiger partial charge in [-0.2, -0.15) is 0 Å². The van der Waals surface area contributed by atoms with Crippen LogP contribution in [0.4, 0.5) is 0 Å². The molecule has 1 unspecified atom stereocenters. The van der Waals surface area contributed by atoms with Gasteiger partial charge in [-0.3, -0.25) is 4.79 Å². The van der Waals surface area contributed by atoms with Crippen molar-refractivity contribution in [1.82, 2.24) is 10.6 Å². The van der Waals surface area contributed by atoms with E-state index in [0.717, 1.165) is 19.5 Å². The molecule has 0 aromatic carbocycles. The first-order valence-corrected chi connectivity index (χ1v) is 3.47. The van der Waals surface area contributed by atoms with Gasteiger partial charge in [0, 0.05) is 6.54 Å². The third kappa shape index (κ3) is 4.77. The zero-order valence-electron chi connectivity index (χ0n) is 6.58. The third-order valence-corrected chi connectivity index (χ3v) is 1.57. The fraction of sp³-hybridized carbons (Fsp3) is 0.833. The third-order valence-electron chi connectivity index (χ3n) is 1.57. The normalized spacial score (nSPS) is 22.8. The van der Waals surface area contributed by atoms with E-state index in [1.165, 1.54) is 0 Å². The average molecular weight is 217 g/mol. The summed E-state index contributed by atoms with van der Waals surface area (Å²) in [6.45, 7) is 2.25. The van der Waals surface area contributed by atoms with Crippen LogP contribution in [-0.2, 0) is 4.79 Å². The molecule has 74 valence electrons. The molecule has 0 radical (unpaired) electrons. The Balaban J connectivity index is 0. The molecule has 0 amide bonds. The van der Waals surface area contributed by atoms with Crippen molar-refractivity contribution >= 4 is 30.8 Å². The molecule has 1 aliphatic heterocycles. The van der Waals surface area contributed by atoms with E-state index in [4.69, 9.17) is 5.11 Å². The molecule has 0 aromatic heterocycles. The molecule has 4 nitrogen and oxygen atoms in total. The SMILES string of the molecule is Cl.Cl.O=C(O)C1CNCCCN1. The van der Waals surface area contributed by atoms with Gasteiger partial charge < -0.3 is 15.7 Å². The highest BCUT2D eigenvalue weighted by Gasteiger charge is 2.17. The van der Waals surface area contributed by atoms with Crippen LogP contribution in [0, 0.1) is 0 Å². The van der Waals surface area contributed by atoms with Crippen molar-refractivity contribution in [2.45, 2.75) is 12.5 Å². The van der Waals surface area contributed by atoms with Crippen LogP contribution in [0.25, 0.3) is 0 Å². The monoisotopic (exact) mass is 216 g/mol. The average Bonchev–Trinajstić information content (AvgIpc) is 2.12. The standard InChI is InChI=1S/C6H12N2O2.2ClH/c9-6(10)5-4-7-2-1-3-8-5;;/h5,7-8H,1-4H2,(H,9,10);2*1H. The van der Waals surface area contributed by atoms with E-state index in [1.54, 1.807) is 0 Å². The van der Waals surface area contributed by atoms with Crippen molar-refractivity contribution in [1.29, 1.82) is 0 Å². The molecule has 1 saturated heterocycles. The molecule has 1 fully saturated rings. The van der Waals surface area contributed by atoms with Crippen LogP contribution >= 0.6 is 24.8 Å². The predicted molar refractivity (Wildman–Crippen MR) is 51.4 cm³/mol. The smallest absolute Gasteiger partial charge is 0.322 e. The lowest BCUT2D eigenvalue weighted by atomic mass is 10.3. The van der Waals surface area contributed by atoms with Crippen LogP contribution in [0.2, 0.25) is 0 Å². The largest absolute Gasteiger partial charge is 0.480 e. The summed E-state index contributed by atoms with van der Waals surface area (Å²) in [6.07, 6.45) is 1.00. The zero-order chi connectivity index (χ0) is 7.40. The highest BCUT2D eigenvalue weighted by atomic mass is 35.5. The Bertz CT molecular complexity index is 127. The van der Waals surface area contributed by atoms with Gasteiger partial charge in [-0.25, -0.2) is 0 Å². The van der Waals surface area contributed by atoms with E-state index >= 15 is 0 Å². The lowest BCUT2D eigenvalue weighted by molar-refractivity contribution is -0.139. The van der Waals surface area contributed by atoms with E-state index in [1.807, 2.05) is 0 Å². The number of carboxylic acids is 1. The van der Waals surface area contributed by atoms with Crippen LogP contribution in [0.3, 0.4) is 0 Å². The van der Waals surface area contributed by atoms with Crippen molar-refractivity contribution in [3.8, 4) is 0 Å². The number of hydrogen-bond acceptors (Lipinski definition) is 3. The first-order valence-electron chi connectivity index (χ1n) is 3.47. The Morgan fingerprint density at radius 1 is 1.33 bits per heavy atom. The van der Waals surface area contributed by atoms with Gasteiger partial charge in [0.05, 0.1) is 0 Å². The van der Waals surface area contributed by atoms with Gasteiger partial charge in [-0.1, -0.05) is 0 Å². The molecule has 3 N–H and O–H groups in total. The number of nitrogens with one attached hydrogen (secondary N) is 2. The molecule has 0 bridgehead atoms. The van der Waals surface area contributed by atoms with Crippen molar-refractivity contribution in [2.24, 2.45) is 0 Å². The number of aliphatic carboxylic acids is 1. The van der Waals surface area contributed by atoms with E-state index in [-0.39, 0.29) is 24.8 Å². The van der Waals surface area contributed by atoms with Gasteiger partial charge in [0.25, 0.3) is 0 Å². The molecule has 1 atom stereocenters. The predicted octanol–water partition coefficient (Wildman–Crippen LogP) is -0.134. The van der Waals surface area contributed by atoms with Crippen LogP contribution in [0.5, 0.6) is 0 Å². The van der Waals surface area contributed by atoms with E-state index in [9.17, 15) is 4.79 Å². The number of hydrogen-bond donors (Lipinski definition) is 3. The molecule has 1 aliphatic rings. The van der Waals surface area contributed by atoms with E-state index in [0.29, 0.717) is 6.54 Å². The molecule has 12 heavy (non-hydrogen) atoms. The Labute approximate surface area is 83.9 Å². The second-order valence-corrected chi connectivity index (χ2v) is 2.40. The highest BCUT2D eigenvalue weighted by molar-refractivity contribution is 5.85. The Morgan fingerprint density at radius 2 is 2.00 bits per heavy atom. The van der Waals surface area contributed by atoms with Gasteiger partial charge in [-0.05, 0) is 19.5 Å². The summed E-state index contributed by atoms with van der Waals surface area (Å²) in [5, 5.41) is 14.5. The molecule has 1 rings (SSSR count). The van der Waals surface area contributed by atoms with E-state index < -0.39 is 12.0 Å². The fourth-order valence-electron chi connectivity index (χ4n) is 0.983. The molecule has 0 spiro atoms. The quantitative estimate of drug-likeness (QED) is 0.572. The fourth-order valence-corrected chi connectivity index (χ4v) is 0.983. The first-order chi connectivity index (χ1) is 4.80. The van der Waals surface area contributed by atoms with Crippen molar-refractivity contribution < 1.29 is 9.90 Å². The minimum absolute atomic E-state index is 0. The molecule has 1 heterocycles. The second kappa shape index (κ2) is 7.61. The van der Waals surface area contributed by atoms with Gasteiger partial charge in [0.1, 0.15) is 6.04 Å². The number of halogens is 2. The second-order valence-electron chi connectivity index (χ2n) is 2.40. The summed E-state index contributed by atoms with van der Waals surface area (Å²) in [4.78, 5) is 10.4. The summed E-state index contributed by atoms with van der Waals surface area (Å²) < 4.78 is 0. The van der Waals surface area contributed by atoms with Gasteiger partial charge in [0.15, 0.2) is 0 Å². The summed E-state index contributed by atoms with van der Waals surface area (Å²) in [6, 6.07) is -0.400. The Morgan fingerprint density at radius 3 is 2.58 bits per heavy atom. The maximum Gasteiger partial charge on any atom is 0.322 e. The number of carbonyl (C=O) groups is 1. The minimum Gasteiger partial charge on any atom is -0.480 e. The highest BCUT2D eigenvalue weighted by Crippen LogP contribution is 1.88. The maximum atomic E-state index is 10.4. The van der Waals surface area contributed by atoms with Crippen molar-refractivity contribution in [2.75, 3.05) is 19.6 Å². The van der Waals surface area contributed by atoms with Crippen molar-refractivity contribution in [3.63, 3.8) is 0 Å². The summed E-state index contributed by atoms with van der Waals surface area (Å²) in [7, 11) is 0. The van der Waals surface area contributed by atoms with Gasteiger partial charge in [-0.15, -0.1) is 24.8 Å². The topological polar surface area (TPSA) is 61.4 Å².